The molecule has 24 heavy (non-hydrogen) atoms. The molecule has 0 spiro atoms. The summed E-state index contributed by atoms with van der Waals surface area (Å²) in [5.74, 6) is 0.567. The SMILES string of the molecule is COc1cccc(-c2cc(C(F)(F)F)nn2-c2ccc(C)cc2)c1. The number of hydrogen-bond acceptors (Lipinski definition) is 2. The molecule has 0 bridgehead atoms. The monoisotopic (exact) mass is 332 g/mol. The molecule has 0 unspecified atom stereocenters. The van der Waals surface area contributed by atoms with E-state index in [1.807, 2.05) is 19.1 Å². The summed E-state index contributed by atoms with van der Waals surface area (Å²) in [4.78, 5) is 0. The second-order valence-electron chi connectivity index (χ2n) is 5.39. The van der Waals surface area contributed by atoms with Crippen LogP contribution >= 0.6 is 0 Å². The van der Waals surface area contributed by atoms with Crippen molar-refractivity contribution in [3.05, 3.63) is 65.9 Å². The molecule has 0 N–H and O–H groups in total. The minimum atomic E-state index is -4.51. The zero-order valence-corrected chi connectivity index (χ0v) is 13.1. The molecule has 0 fully saturated rings. The molecule has 0 saturated carbocycles. The molecular formula is C18H15F3N2O. The molecule has 124 valence electrons. The van der Waals surface area contributed by atoms with Crippen LogP contribution in [-0.2, 0) is 6.18 Å². The quantitative estimate of drug-likeness (QED) is 0.684. The van der Waals surface area contributed by atoms with Gasteiger partial charge >= 0.3 is 6.18 Å². The van der Waals surface area contributed by atoms with Crippen molar-refractivity contribution in [1.82, 2.24) is 9.78 Å². The van der Waals surface area contributed by atoms with Crippen molar-refractivity contribution in [2.24, 2.45) is 0 Å². The molecule has 1 aromatic heterocycles. The molecular weight excluding hydrogens is 317 g/mol. The van der Waals surface area contributed by atoms with Gasteiger partial charge in [-0.15, -0.1) is 0 Å². The highest BCUT2D eigenvalue weighted by Crippen LogP contribution is 2.34. The predicted octanol–water partition coefficient (Wildman–Crippen LogP) is 4.88. The average Bonchev–Trinajstić information content (AvgIpc) is 3.01. The summed E-state index contributed by atoms with van der Waals surface area (Å²) in [5, 5.41) is 3.76. The second-order valence-corrected chi connectivity index (χ2v) is 5.39. The fourth-order valence-electron chi connectivity index (χ4n) is 2.39. The van der Waals surface area contributed by atoms with Crippen LogP contribution in [0.15, 0.2) is 54.6 Å². The first-order valence-electron chi connectivity index (χ1n) is 7.27. The Kier molecular flexibility index (Phi) is 4.05. The molecule has 0 radical (unpaired) electrons. The molecule has 0 amide bonds. The first-order chi connectivity index (χ1) is 11.4. The number of nitrogens with zero attached hydrogens (tertiary/aromatic N) is 2. The van der Waals surface area contributed by atoms with Gasteiger partial charge in [0.05, 0.1) is 18.5 Å². The Morgan fingerprint density at radius 3 is 2.33 bits per heavy atom. The molecule has 0 aliphatic heterocycles. The number of rotatable bonds is 3. The van der Waals surface area contributed by atoms with E-state index in [1.165, 1.54) is 11.8 Å². The van der Waals surface area contributed by atoms with Gasteiger partial charge in [0.15, 0.2) is 5.69 Å². The van der Waals surface area contributed by atoms with Gasteiger partial charge in [0, 0.05) is 5.56 Å². The molecule has 1 heterocycles. The van der Waals surface area contributed by atoms with E-state index < -0.39 is 11.9 Å². The Hall–Kier alpha value is -2.76. The zero-order chi connectivity index (χ0) is 17.3. The fraction of sp³-hybridized carbons (Fsp3) is 0.167. The third-order valence-corrected chi connectivity index (χ3v) is 3.64. The maximum atomic E-state index is 13.1. The third kappa shape index (κ3) is 3.13. The van der Waals surface area contributed by atoms with Gasteiger partial charge in [-0.1, -0.05) is 29.8 Å². The summed E-state index contributed by atoms with van der Waals surface area (Å²) in [6.07, 6.45) is -4.51. The summed E-state index contributed by atoms with van der Waals surface area (Å²) in [5.41, 5.74) is 1.60. The van der Waals surface area contributed by atoms with Gasteiger partial charge in [0.1, 0.15) is 5.75 Å². The van der Waals surface area contributed by atoms with E-state index in [0.29, 0.717) is 22.7 Å². The van der Waals surface area contributed by atoms with Crippen LogP contribution in [0.1, 0.15) is 11.3 Å². The molecule has 0 saturated heterocycles. The van der Waals surface area contributed by atoms with Crippen LogP contribution in [-0.4, -0.2) is 16.9 Å². The van der Waals surface area contributed by atoms with Gasteiger partial charge in [-0.25, -0.2) is 4.68 Å². The van der Waals surface area contributed by atoms with Crippen LogP contribution in [0.4, 0.5) is 13.2 Å². The molecule has 2 aromatic carbocycles. The van der Waals surface area contributed by atoms with Crippen molar-refractivity contribution in [2.45, 2.75) is 13.1 Å². The Bertz CT molecular complexity index is 851. The third-order valence-electron chi connectivity index (χ3n) is 3.64. The lowest BCUT2D eigenvalue weighted by molar-refractivity contribution is -0.141. The van der Waals surface area contributed by atoms with Crippen LogP contribution in [0.3, 0.4) is 0 Å². The summed E-state index contributed by atoms with van der Waals surface area (Å²) >= 11 is 0. The Morgan fingerprint density at radius 1 is 1.00 bits per heavy atom. The topological polar surface area (TPSA) is 27.1 Å². The van der Waals surface area contributed by atoms with E-state index in [1.54, 1.807) is 36.4 Å². The van der Waals surface area contributed by atoms with Gasteiger partial charge in [-0.3, -0.25) is 0 Å². The van der Waals surface area contributed by atoms with Gasteiger partial charge in [0.25, 0.3) is 0 Å². The largest absolute Gasteiger partial charge is 0.497 e. The summed E-state index contributed by atoms with van der Waals surface area (Å²) in [6, 6.07) is 15.1. The maximum absolute atomic E-state index is 13.1. The number of methoxy groups -OCH3 is 1. The summed E-state index contributed by atoms with van der Waals surface area (Å²) in [6.45, 7) is 1.91. The van der Waals surface area contributed by atoms with Gasteiger partial charge < -0.3 is 4.74 Å². The van der Waals surface area contributed by atoms with E-state index in [0.717, 1.165) is 11.6 Å². The summed E-state index contributed by atoms with van der Waals surface area (Å²) in [7, 11) is 1.51. The van der Waals surface area contributed by atoms with Crippen LogP contribution < -0.4 is 4.74 Å². The van der Waals surface area contributed by atoms with Crippen LogP contribution in [0.25, 0.3) is 16.9 Å². The van der Waals surface area contributed by atoms with Crippen molar-refractivity contribution in [2.75, 3.05) is 7.11 Å². The molecule has 0 aliphatic carbocycles. The van der Waals surface area contributed by atoms with Crippen LogP contribution in [0, 0.1) is 6.92 Å². The predicted molar refractivity (Wildman–Crippen MR) is 85.3 cm³/mol. The first-order valence-corrected chi connectivity index (χ1v) is 7.27. The van der Waals surface area contributed by atoms with Crippen molar-refractivity contribution >= 4 is 0 Å². The molecule has 3 nitrogen and oxygen atoms in total. The minimum absolute atomic E-state index is 0.352. The lowest BCUT2D eigenvalue weighted by Crippen LogP contribution is -2.07. The van der Waals surface area contributed by atoms with Gasteiger partial charge in [-0.05, 0) is 37.3 Å². The van der Waals surface area contributed by atoms with E-state index in [2.05, 4.69) is 5.10 Å². The highest BCUT2D eigenvalue weighted by atomic mass is 19.4. The number of benzene rings is 2. The molecule has 6 heteroatoms. The Labute approximate surface area is 137 Å². The second kappa shape index (κ2) is 6.03. The zero-order valence-electron chi connectivity index (χ0n) is 13.1. The highest BCUT2D eigenvalue weighted by molar-refractivity contribution is 5.64. The highest BCUT2D eigenvalue weighted by Gasteiger charge is 2.35. The first kappa shape index (κ1) is 16.1. The maximum Gasteiger partial charge on any atom is 0.435 e. The smallest absolute Gasteiger partial charge is 0.435 e. The number of ether oxygens (including phenoxy) is 1. The fourth-order valence-corrected chi connectivity index (χ4v) is 2.39. The Balaban J connectivity index is 2.19. The molecule has 0 aliphatic rings. The van der Waals surface area contributed by atoms with E-state index in [4.69, 9.17) is 4.74 Å². The lowest BCUT2D eigenvalue weighted by atomic mass is 10.1. The normalized spacial score (nSPS) is 11.5. The van der Waals surface area contributed by atoms with Crippen molar-refractivity contribution in [3.63, 3.8) is 0 Å². The lowest BCUT2D eigenvalue weighted by Gasteiger charge is -2.09. The summed E-state index contributed by atoms with van der Waals surface area (Å²) < 4.78 is 45.8. The van der Waals surface area contributed by atoms with Crippen molar-refractivity contribution in [1.29, 1.82) is 0 Å². The van der Waals surface area contributed by atoms with E-state index in [9.17, 15) is 13.2 Å². The number of aromatic nitrogens is 2. The van der Waals surface area contributed by atoms with E-state index >= 15 is 0 Å². The standard InChI is InChI=1S/C18H15F3N2O/c1-12-6-8-14(9-7-12)23-16(11-17(22-23)18(19,20)21)13-4-3-5-15(10-13)24-2/h3-11H,1-2H3. The van der Waals surface area contributed by atoms with Crippen LogP contribution in [0.5, 0.6) is 5.75 Å². The Morgan fingerprint density at radius 2 is 1.71 bits per heavy atom. The van der Waals surface area contributed by atoms with Crippen molar-refractivity contribution < 1.29 is 17.9 Å². The molecule has 0 atom stereocenters. The van der Waals surface area contributed by atoms with Crippen LogP contribution in [0.2, 0.25) is 0 Å². The number of hydrogen-bond donors (Lipinski definition) is 0. The number of aryl methyl sites for hydroxylation is 1. The molecule has 3 rings (SSSR count). The minimum Gasteiger partial charge on any atom is -0.497 e. The number of halogens is 3. The van der Waals surface area contributed by atoms with Gasteiger partial charge in [-0.2, -0.15) is 18.3 Å². The van der Waals surface area contributed by atoms with Gasteiger partial charge in [0.2, 0.25) is 0 Å². The number of alkyl halides is 3. The average molecular weight is 332 g/mol. The molecule has 3 aromatic rings. The van der Waals surface area contributed by atoms with Crippen molar-refractivity contribution in [3.8, 4) is 22.7 Å². The van der Waals surface area contributed by atoms with E-state index in [-0.39, 0.29) is 0 Å².